The molecular weight excluding hydrogens is 300 g/mol. The van der Waals surface area contributed by atoms with E-state index >= 15 is 0 Å². The summed E-state index contributed by atoms with van der Waals surface area (Å²) in [5, 5.41) is 0.422. The molecule has 0 saturated carbocycles. The SMILES string of the molecule is O=C(Cc1cccnc1)NS(=O)(=O)c1ccc(Cl)cc1. The molecule has 0 spiro atoms. The largest absolute Gasteiger partial charge is 0.274 e. The smallest absolute Gasteiger partial charge is 0.264 e. The van der Waals surface area contributed by atoms with Gasteiger partial charge in [0.1, 0.15) is 0 Å². The molecule has 0 unspecified atom stereocenters. The zero-order valence-electron chi connectivity index (χ0n) is 10.3. The van der Waals surface area contributed by atoms with E-state index in [0.29, 0.717) is 10.6 Å². The Bertz CT molecular complexity index is 700. The van der Waals surface area contributed by atoms with E-state index < -0.39 is 15.9 Å². The molecule has 1 amide bonds. The van der Waals surface area contributed by atoms with Crippen molar-refractivity contribution in [2.75, 3.05) is 0 Å². The molecule has 0 aliphatic rings. The lowest BCUT2D eigenvalue weighted by Gasteiger charge is -2.06. The van der Waals surface area contributed by atoms with E-state index in [2.05, 4.69) is 4.98 Å². The molecule has 0 aliphatic heterocycles. The van der Waals surface area contributed by atoms with E-state index in [0.717, 1.165) is 0 Å². The number of hydrogen-bond donors (Lipinski definition) is 1. The van der Waals surface area contributed by atoms with Crippen LogP contribution in [0.3, 0.4) is 0 Å². The van der Waals surface area contributed by atoms with E-state index in [1.165, 1.54) is 30.5 Å². The minimum absolute atomic E-state index is 0.0126. The summed E-state index contributed by atoms with van der Waals surface area (Å²) in [6.07, 6.45) is 3.03. The van der Waals surface area contributed by atoms with Gasteiger partial charge in [-0.1, -0.05) is 17.7 Å². The first-order valence-electron chi connectivity index (χ1n) is 5.67. The Balaban J connectivity index is 2.08. The van der Waals surface area contributed by atoms with Crippen LogP contribution < -0.4 is 4.72 Å². The van der Waals surface area contributed by atoms with Crippen LogP contribution in [-0.2, 0) is 21.2 Å². The normalized spacial score (nSPS) is 11.1. The number of carbonyl (C=O) groups excluding carboxylic acids is 1. The summed E-state index contributed by atoms with van der Waals surface area (Å²) in [5.74, 6) is -0.618. The average molecular weight is 311 g/mol. The molecule has 1 N–H and O–H groups in total. The van der Waals surface area contributed by atoms with Crippen molar-refractivity contribution < 1.29 is 13.2 Å². The topological polar surface area (TPSA) is 76.1 Å². The van der Waals surface area contributed by atoms with E-state index in [4.69, 9.17) is 11.6 Å². The molecule has 0 saturated heterocycles. The lowest BCUT2D eigenvalue weighted by atomic mass is 10.2. The third-order valence-electron chi connectivity index (χ3n) is 2.46. The van der Waals surface area contributed by atoms with E-state index in [9.17, 15) is 13.2 Å². The minimum atomic E-state index is -3.87. The average Bonchev–Trinajstić information content (AvgIpc) is 2.39. The van der Waals surface area contributed by atoms with Crippen molar-refractivity contribution in [3.63, 3.8) is 0 Å². The highest BCUT2D eigenvalue weighted by Crippen LogP contribution is 2.13. The van der Waals surface area contributed by atoms with Crippen LogP contribution in [0, 0.1) is 0 Å². The van der Waals surface area contributed by atoms with Gasteiger partial charge in [0.2, 0.25) is 5.91 Å². The molecule has 0 aliphatic carbocycles. The lowest BCUT2D eigenvalue weighted by Crippen LogP contribution is -2.31. The van der Waals surface area contributed by atoms with Crippen LogP contribution >= 0.6 is 11.6 Å². The molecule has 1 heterocycles. The quantitative estimate of drug-likeness (QED) is 0.934. The summed E-state index contributed by atoms with van der Waals surface area (Å²) in [6.45, 7) is 0. The molecule has 0 radical (unpaired) electrons. The Morgan fingerprint density at radius 1 is 1.20 bits per heavy atom. The monoisotopic (exact) mass is 310 g/mol. The number of pyridine rings is 1. The highest BCUT2D eigenvalue weighted by molar-refractivity contribution is 7.90. The molecule has 0 bridgehead atoms. The molecule has 7 heteroatoms. The van der Waals surface area contributed by atoms with Crippen LogP contribution in [0.2, 0.25) is 5.02 Å². The number of hydrogen-bond acceptors (Lipinski definition) is 4. The standard InChI is InChI=1S/C13H11ClN2O3S/c14-11-3-5-12(6-4-11)20(18,19)16-13(17)8-10-2-1-7-15-9-10/h1-7,9H,8H2,(H,16,17). The maximum Gasteiger partial charge on any atom is 0.264 e. The fraction of sp³-hybridized carbons (Fsp3) is 0.0769. The molecule has 1 aromatic heterocycles. The molecule has 1 aromatic carbocycles. The van der Waals surface area contributed by atoms with Crippen molar-refractivity contribution in [3.8, 4) is 0 Å². The summed E-state index contributed by atoms with van der Waals surface area (Å²) in [4.78, 5) is 15.6. The maximum absolute atomic E-state index is 12.0. The number of amides is 1. The predicted octanol–water partition coefficient (Wildman–Crippen LogP) is 1.78. The zero-order valence-corrected chi connectivity index (χ0v) is 11.9. The summed E-state index contributed by atoms with van der Waals surface area (Å²) in [6, 6.07) is 8.94. The third-order valence-corrected chi connectivity index (χ3v) is 4.10. The minimum Gasteiger partial charge on any atom is -0.274 e. The Morgan fingerprint density at radius 3 is 2.50 bits per heavy atom. The van der Waals surface area contributed by atoms with Crippen molar-refractivity contribution in [1.82, 2.24) is 9.71 Å². The fourth-order valence-electron chi connectivity index (χ4n) is 1.55. The lowest BCUT2D eigenvalue weighted by molar-refractivity contribution is -0.118. The Kier molecular flexibility index (Phi) is 4.36. The van der Waals surface area contributed by atoms with Gasteiger partial charge in [-0.05, 0) is 35.9 Å². The number of halogens is 1. The van der Waals surface area contributed by atoms with Crippen LogP contribution in [0.15, 0.2) is 53.7 Å². The van der Waals surface area contributed by atoms with Gasteiger partial charge in [0.25, 0.3) is 10.0 Å². The number of carbonyl (C=O) groups is 1. The van der Waals surface area contributed by atoms with Crippen LogP contribution in [0.25, 0.3) is 0 Å². The van der Waals surface area contributed by atoms with Crippen molar-refractivity contribution in [1.29, 1.82) is 0 Å². The molecule has 5 nitrogen and oxygen atoms in total. The zero-order chi connectivity index (χ0) is 14.6. The van der Waals surface area contributed by atoms with Gasteiger partial charge in [0.15, 0.2) is 0 Å². The molecule has 0 atom stereocenters. The number of aromatic nitrogens is 1. The fourth-order valence-corrected chi connectivity index (χ4v) is 2.66. The first kappa shape index (κ1) is 14.5. The first-order chi connectivity index (χ1) is 9.47. The van der Waals surface area contributed by atoms with Crippen LogP contribution in [-0.4, -0.2) is 19.3 Å². The van der Waals surface area contributed by atoms with E-state index in [1.807, 2.05) is 4.72 Å². The van der Waals surface area contributed by atoms with Crippen LogP contribution in [0.5, 0.6) is 0 Å². The Morgan fingerprint density at radius 2 is 1.90 bits per heavy atom. The van der Waals surface area contributed by atoms with Crippen molar-refractivity contribution in [2.45, 2.75) is 11.3 Å². The maximum atomic E-state index is 12.0. The number of benzene rings is 1. The van der Waals surface area contributed by atoms with Gasteiger partial charge < -0.3 is 0 Å². The summed E-state index contributed by atoms with van der Waals surface area (Å²) in [7, 11) is -3.87. The summed E-state index contributed by atoms with van der Waals surface area (Å²) in [5.41, 5.74) is 0.635. The number of nitrogens with zero attached hydrogens (tertiary/aromatic N) is 1. The summed E-state index contributed by atoms with van der Waals surface area (Å²) < 4.78 is 25.9. The van der Waals surface area contributed by atoms with Crippen LogP contribution in [0.1, 0.15) is 5.56 Å². The number of nitrogens with one attached hydrogen (secondary N) is 1. The Hall–Kier alpha value is -1.92. The second-order valence-corrected chi connectivity index (χ2v) is 6.14. The van der Waals surface area contributed by atoms with Gasteiger partial charge in [-0.15, -0.1) is 0 Å². The van der Waals surface area contributed by atoms with E-state index in [-0.39, 0.29) is 11.3 Å². The first-order valence-corrected chi connectivity index (χ1v) is 7.53. The highest BCUT2D eigenvalue weighted by Gasteiger charge is 2.17. The van der Waals surface area contributed by atoms with Crippen molar-refractivity contribution in [2.24, 2.45) is 0 Å². The van der Waals surface area contributed by atoms with Gasteiger partial charge in [0.05, 0.1) is 11.3 Å². The van der Waals surface area contributed by atoms with Gasteiger partial charge in [0, 0.05) is 17.4 Å². The number of sulfonamides is 1. The second-order valence-electron chi connectivity index (χ2n) is 4.02. The molecule has 0 fully saturated rings. The summed E-state index contributed by atoms with van der Waals surface area (Å²) >= 11 is 5.69. The van der Waals surface area contributed by atoms with Gasteiger partial charge >= 0.3 is 0 Å². The Labute approximate surface area is 121 Å². The van der Waals surface area contributed by atoms with Crippen LogP contribution in [0.4, 0.5) is 0 Å². The third kappa shape index (κ3) is 3.79. The van der Waals surface area contributed by atoms with Gasteiger partial charge in [-0.25, -0.2) is 13.1 Å². The molecule has 104 valence electrons. The molecule has 2 rings (SSSR count). The van der Waals surface area contributed by atoms with E-state index in [1.54, 1.807) is 18.3 Å². The van der Waals surface area contributed by atoms with Crippen molar-refractivity contribution in [3.05, 3.63) is 59.4 Å². The molecule has 2 aromatic rings. The van der Waals surface area contributed by atoms with Crippen molar-refractivity contribution >= 4 is 27.5 Å². The predicted molar refractivity (Wildman–Crippen MR) is 74.7 cm³/mol. The molecular formula is C13H11ClN2O3S. The second kappa shape index (κ2) is 6.02. The van der Waals surface area contributed by atoms with Gasteiger partial charge in [-0.2, -0.15) is 0 Å². The molecule has 20 heavy (non-hydrogen) atoms. The number of rotatable bonds is 4. The van der Waals surface area contributed by atoms with Gasteiger partial charge in [-0.3, -0.25) is 9.78 Å². The highest BCUT2D eigenvalue weighted by atomic mass is 35.5.